The molecule has 0 spiro atoms. The number of carboxylic acid groups (broad SMARTS) is 1. The first-order valence-electron chi connectivity index (χ1n) is 5.69. The fourth-order valence-electron chi connectivity index (χ4n) is 1.96. The first-order chi connectivity index (χ1) is 8.50. The first-order valence-corrected chi connectivity index (χ1v) is 5.69. The van der Waals surface area contributed by atoms with E-state index in [2.05, 4.69) is 5.32 Å². The van der Waals surface area contributed by atoms with Crippen LogP contribution in [-0.2, 0) is 16.0 Å². The predicted molar refractivity (Wildman–Crippen MR) is 61.4 cm³/mol. The zero-order valence-electron chi connectivity index (χ0n) is 10.1. The maximum absolute atomic E-state index is 11.8. The van der Waals surface area contributed by atoms with E-state index >= 15 is 0 Å². The minimum Gasteiger partial charge on any atom is -0.478 e. The van der Waals surface area contributed by atoms with Gasteiger partial charge in [-0.1, -0.05) is 0 Å². The molecule has 2 heterocycles. The number of carboxylic acids is 1. The van der Waals surface area contributed by atoms with Gasteiger partial charge in [0.15, 0.2) is 0 Å². The van der Waals surface area contributed by atoms with E-state index in [9.17, 15) is 9.59 Å². The van der Waals surface area contributed by atoms with Gasteiger partial charge in [-0.05, 0) is 19.4 Å². The van der Waals surface area contributed by atoms with Crippen molar-refractivity contribution in [1.29, 1.82) is 0 Å². The molecule has 0 aliphatic carbocycles. The topological polar surface area (TPSA) is 88.8 Å². The Morgan fingerprint density at radius 1 is 1.56 bits per heavy atom. The lowest BCUT2D eigenvalue weighted by molar-refractivity contribution is -0.122. The molecule has 0 saturated carbocycles. The van der Waals surface area contributed by atoms with E-state index in [0.717, 1.165) is 6.42 Å². The lowest BCUT2D eigenvalue weighted by Gasteiger charge is -2.23. The lowest BCUT2D eigenvalue weighted by atomic mass is 10.0. The first kappa shape index (κ1) is 12.6. The van der Waals surface area contributed by atoms with E-state index in [4.69, 9.17) is 14.3 Å². The van der Waals surface area contributed by atoms with Gasteiger partial charge in [-0.25, -0.2) is 4.79 Å². The van der Waals surface area contributed by atoms with Gasteiger partial charge in [-0.15, -0.1) is 0 Å². The summed E-state index contributed by atoms with van der Waals surface area (Å²) in [6.07, 6.45) is 1.94. The fourth-order valence-corrected chi connectivity index (χ4v) is 1.96. The molecule has 1 aromatic heterocycles. The number of carbonyl (C=O) groups excluding carboxylic acids is 1. The molecule has 0 aromatic carbocycles. The maximum atomic E-state index is 11.8. The van der Waals surface area contributed by atoms with E-state index in [1.165, 1.54) is 12.3 Å². The molecule has 0 radical (unpaired) electrons. The Kier molecular flexibility index (Phi) is 3.38. The zero-order chi connectivity index (χ0) is 13.2. The van der Waals surface area contributed by atoms with Crippen LogP contribution in [0.2, 0.25) is 0 Å². The van der Waals surface area contributed by atoms with Crippen molar-refractivity contribution in [2.45, 2.75) is 25.3 Å². The number of furan rings is 1. The van der Waals surface area contributed by atoms with Crippen LogP contribution in [0.5, 0.6) is 0 Å². The Bertz CT molecular complexity index is 459. The van der Waals surface area contributed by atoms with Crippen LogP contribution in [0.15, 0.2) is 16.7 Å². The van der Waals surface area contributed by atoms with Crippen LogP contribution in [0.1, 0.15) is 29.5 Å². The van der Waals surface area contributed by atoms with Crippen molar-refractivity contribution in [3.05, 3.63) is 23.7 Å². The average molecular weight is 253 g/mol. The third-order valence-electron chi connectivity index (χ3n) is 2.96. The zero-order valence-corrected chi connectivity index (χ0v) is 10.1. The summed E-state index contributed by atoms with van der Waals surface area (Å²) in [5.74, 6) is -1.19. The van der Waals surface area contributed by atoms with Gasteiger partial charge in [0, 0.05) is 6.61 Å². The van der Waals surface area contributed by atoms with Crippen LogP contribution >= 0.6 is 0 Å². The largest absolute Gasteiger partial charge is 0.478 e. The Balaban J connectivity index is 1.99. The van der Waals surface area contributed by atoms with Crippen molar-refractivity contribution in [3.8, 4) is 0 Å². The number of carbonyl (C=O) groups is 2. The second kappa shape index (κ2) is 4.81. The van der Waals surface area contributed by atoms with E-state index in [-0.39, 0.29) is 29.2 Å². The predicted octanol–water partition coefficient (Wildman–Crippen LogP) is 0.815. The molecule has 1 fully saturated rings. The molecule has 2 rings (SSSR count). The van der Waals surface area contributed by atoms with Crippen LogP contribution in [-0.4, -0.2) is 35.7 Å². The number of hydrogen-bond donors (Lipinski definition) is 2. The summed E-state index contributed by atoms with van der Waals surface area (Å²) < 4.78 is 10.2. The fraction of sp³-hybridized carbons (Fsp3) is 0.500. The van der Waals surface area contributed by atoms with E-state index in [1.54, 1.807) is 0 Å². The van der Waals surface area contributed by atoms with E-state index in [0.29, 0.717) is 13.2 Å². The molecule has 6 heteroatoms. The second-order valence-electron chi connectivity index (χ2n) is 4.65. The summed E-state index contributed by atoms with van der Waals surface area (Å²) in [5, 5.41) is 11.7. The average Bonchev–Trinajstić information content (AvgIpc) is 2.87. The van der Waals surface area contributed by atoms with Crippen molar-refractivity contribution < 1.29 is 23.8 Å². The minimum atomic E-state index is -1.10. The molecule has 1 aliphatic heterocycles. The Morgan fingerprint density at radius 3 is 2.94 bits per heavy atom. The molecular weight excluding hydrogens is 238 g/mol. The number of nitrogens with one attached hydrogen (secondary N) is 1. The Hall–Kier alpha value is -1.82. The van der Waals surface area contributed by atoms with Crippen molar-refractivity contribution in [2.24, 2.45) is 0 Å². The molecule has 1 aromatic rings. The van der Waals surface area contributed by atoms with Crippen molar-refractivity contribution in [3.63, 3.8) is 0 Å². The summed E-state index contributed by atoms with van der Waals surface area (Å²) in [7, 11) is 0. The van der Waals surface area contributed by atoms with Gasteiger partial charge < -0.3 is 19.6 Å². The number of aromatic carboxylic acids is 1. The maximum Gasteiger partial charge on any atom is 0.339 e. The van der Waals surface area contributed by atoms with Gasteiger partial charge in [0.1, 0.15) is 11.3 Å². The third-order valence-corrected chi connectivity index (χ3v) is 2.96. The molecule has 1 saturated heterocycles. The molecule has 6 nitrogen and oxygen atoms in total. The number of amides is 1. The summed E-state index contributed by atoms with van der Waals surface area (Å²) in [6, 6.07) is 1.34. The van der Waals surface area contributed by atoms with Crippen LogP contribution < -0.4 is 5.32 Å². The van der Waals surface area contributed by atoms with E-state index < -0.39 is 5.97 Å². The number of hydrogen-bond acceptors (Lipinski definition) is 4. The van der Waals surface area contributed by atoms with Crippen molar-refractivity contribution >= 4 is 11.9 Å². The summed E-state index contributed by atoms with van der Waals surface area (Å²) >= 11 is 0. The highest BCUT2D eigenvalue weighted by molar-refractivity contribution is 5.90. The SMILES string of the molecule is CC1(NC(=O)Cc2occc2C(=O)O)CCOC1. The van der Waals surface area contributed by atoms with Gasteiger partial charge in [-0.2, -0.15) is 0 Å². The quantitative estimate of drug-likeness (QED) is 0.829. The normalized spacial score (nSPS) is 22.9. The highest BCUT2D eigenvalue weighted by atomic mass is 16.5. The lowest BCUT2D eigenvalue weighted by Crippen LogP contribution is -2.47. The molecular formula is C12H15NO5. The van der Waals surface area contributed by atoms with Gasteiger partial charge in [0.2, 0.25) is 5.91 Å². The highest BCUT2D eigenvalue weighted by Crippen LogP contribution is 2.18. The van der Waals surface area contributed by atoms with Crippen LogP contribution in [0.3, 0.4) is 0 Å². The molecule has 0 bridgehead atoms. The highest BCUT2D eigenvalue weighted by Gasteiger charge is 2.31. The molecule has 1 amide bonds. The minimum absolute atomic E-state index is 0.0259. The Labute approximate surface area is 104 Å². The summed E-state index contributed by atoms with van der Waals surface area (Å²) in [6.45, 7) is 3.00. The monoisotopic (exact) mass is 253 g/mol. The number of ether oxygens (including phenoxy) is 1. The summed E-state index contributed by atoms with van der Waals surface area (Å²) in [4.78, 5) is 22.7. The van der Waals surface area contributed by atoms with Crippen molar-refractivity contribution in [1.82, 2.24) is 5.32 Å². The van der Waals surface area contributed by atoms with Crippen LogP contribution in [0, 0.1) is 0 Å². The molecule has 18 heavy (non-hydrogen) atoms. The van der Waals surface area contributed by atoms with Crippen LogP contribution in [0.4, 0.5) is 0 Å². The third kappa shape index (κ3) is 2.70. The number of rotatable bonds is 4. The molecule has 1 atom stereocenters. The smallest absolute Gasteiger partial charge is 0.339 e. The standard InChI is InChI=1S/C12H15NO5/c1-12(3-5-17-7-12)13-10(14)6-9-8(11(15)16)2-4-18-9/h2,4H,3,5-7H2,1H3,(H,13,14)(H,15,16). The van der Waals surface area contributed by atoms with Gasteiger partial charge in [-0.3, -0.25) is 4.79 Å². The molecule has 1 aliphatic rings. The van der Waals surface area contributed by atoms with E-state index in [1.807, 2.05) is 6.92 Å². The van der Waals surface area contributed by atoms with Crippen LogP contribution in [0.25, 0.3) is 0 Å². The Morgan fingerprint density at radius 2 is 2.33 bits per heavy atom. The molecule has 98 valence electrons. The molecule has 2 N–H and O–H groups in total. The molecule has 1 unspecified atom stereocenters. The van der Waals surface area contributed by atoms with Gasteiger partial charge in [0.25, 0.3) is 0 Å². The van der Waals surface area contributed by atoms with Crippen molar-refractivity contribution in [2.75, 3.05) is 13.2 Å². The second-order valence-corrected chi connectivity index (χ2v) is 4.65. The van der Waals surface area contributed by atoms with Gasteiger partial charge >= 0.3 is 5.97 Å². The van der Waals surface area contributed by atoms with Gasteiger partial charge in [0.05, 0.1) is 24.8 Å². The summed E-state index contributed by atoms with van der Waals surface area (Å²) in [5.41, 5.74) is -0.342.